The Balaban J connectivity index is 2.05. The number of nitrogens with zero attached hydrogens (tertiary/aromatic N) is 2. The van der Waals surface area contributed by atoms with Crippen molar-refractivity contribution in [3.63, 3.8) is 0 Å². The first kappa shape index (κ1) is 20.3. The van der Waals surface area contributed by atoms with E-state index in [1.807, 2.05) is 18.2 Å². The number of nitrogens with one attached hydrogen (secondary N) is 1. The molecular formula is C18H17Cl2N3O5. The molecule has 28 heavy (non-hydrogen) atoms. The molecule has 0 spiro atoms. The van der Waals surface area contributed by atoms with Gasteiger partial charge in [0, 0.05) is 19.2 Å². The van der Waals surface area contributed by atoms with Gasteiger partial charge in [-0.2, -0.15) is 0 Å². The number of carbonyl (C=O) groups is 1. The minimum Gasteiger partial charge on any atom is -0.478 e. The number of piperazine rings is 1. The van der Waals surface area contributed by atoms with Gasteiger partial charge in [-0.25, -0.2) is 4.79 Å². The first-order chi connectivity index (χ1) is 13.3. The smallest absolute Gasteiger partial charge is 0.358 e. The summed E-state index contributed by atoms with van der Waals surface area (Å²) in [5.41, 5.74) is -1.38. The summed E-state index contributed by atoms with van der Waals surface area (Å²) >= 11 is 12.0. The summed E-state index contributed by atoms with van der Waals surface area (Å²) < 4.78 is 5.86. The lowest BCUT2D eigenvalue weighted by Gasteiger charge is -2.44. The normalized spacial score (nSPS) is 19.4. The number of carboxylic acids is 1. The second-order valence-corrected chi connectivity index (χ2v) is 7.02. The molecule has 1 fully saturated rings. The van der Waals surface area contributed by atoms with E-state index in [1.54, 1.807) is 12.1 Å². The van der Waals surface area contributed by atoms with Crippen molar-refractivity contribution in [3.8, 4) is 0 Å². The van der Waals surface area contributed by atoms with Gasteiger partial charge in [-0.15, -0.1) is 0 Å². The molecule has 1 unspecified atom stereocenters. The molecule has 10 heteroatoms. The highest BCUT2D eigenvalue weighted by molar-refractivity contribution is 6.42. The molecule has 148 valence electrons. The van der Waals surface area contributed by atoms with Crippen LogP contribution in [0, 0.1) is 10.1 Å². The van der Waals surface area contributed by atoms with Crippen molar-refractivity contribution in [2.45, 2.75) is 12.3 Å². The monoisotopic (exact) mass is 425 g/mol. The van der Waals surface area contributed by atoms with Crippen LogP contribution >= 0.6 is 23.2 Å². The van der Waals surface area contributed by atoms with Gasteiger partial charge in [0.1, 0.15) is 5.69 Å². The van der Waals surface area contributed by atoms with E-state index in [1.165, 1.54) is 11.0 Å². The van der Waals surface area contributed by atoms with Crippen molar-refractivity contribution in [1.29, 1.82) is 0 Å². The SMILES string of the molecule is O=C(O)C1(OCc2ccccc2)CNCCN1c1cc(Cl)c(Cl)cc1[N+](=O)[O-]. The van der Waals surface area contributed by atoms with Gasteiger partial charge < -0.3 is 20.1 Å². The zero-order valence-electron chi connectivity index (χ0n) is 14.6. The highest BCUT2D eigenvalue weighted by Crippen LogP contribution is 2.40. The lowest BCUT2D eigenvalue weighted by atomic mass is 10.1. The summed E-state index contributed by atoms with van der Waals surface area (Å²) in [6.45, 7) is 0.536. The van der Waals surface area contributed by atoms with Gasteiger partial charge in [0.2, 0.25) is 0 Å². The van der Waals surface area contributed by atoms with Crippen LogP contribution in [-0.2, 0) is 16.1 Å². The van der Waals surface area contributed by atoms with Gasteiger partial charge in [0.15, 0.2) is 0 Å². The number of nitro groups is 1. The largest absolute Gasteiger partial charge is 0.478 e. The number of nitro benzene ring substituents is 1. The predicted octanol–water partition coefficient (Wildman–Crippen LogP) is 3.31. The van der Waals surface area contributed by atoms with Crippen LogP contribution in [0.1, 0.15) is 5.56 Å². The average Bonchev–Trinajstić information content (AvgIpc) is 2.69. The van der Waals surface area contributed by atoms with E-state index in [-0.39, 0.29) is 41.1 Å². The van der Waals surface area contributed by atoms with E-state index in [0.717, 1.165) is 11.6 Å². The van der Waals surface area contributed by atoms with Crippen molar-refractivity contribution in [3.05, 3.63) is 68.2 Å². The molecule has 1 saturated heterocycles. The third-order valence-corrected chi connectivity index (χ3v) is 5.19. The molecule has 2 N–H and O–H groups in total. The summed E-state index contributed by atoms with van der Waals surface area (Å²) in [5.74, 6) is -1.27. The number of rotatable bonds is 6. The van der Waals surface area contributed by atoms with Gasteiger partial charge in [-0.05, 0) is 11.6 Å². The molecule has 0 aromatic heterocycles. The van der Waals surface area contributed by atoms with E-state index >= 15 is 0 Å². The van der Waals surface area contributed by atoms with Crippen LogP contribution in [-0.4, -0.2) is 41.4 Å². The number of hydrogen-bond donors (Lipinski definition) is 2. The lowest BCUT2D eigenvalue weighted by Crippen LogP contribution is -2.67. The minimum absolute atomic E-state index is 0.0124. The van der Waals surface area contributed by atoms with Gasteiger partial charge in [-0.3, -0.25) is 10.1 Å². The summed E-state index contributed by atoms with van der Waals surface area (Å²) in [6, 6.07) is 11.5. The summed E-state index contributed by atoms with van der Waals surface area (Å²) in [7, 11) is 0. The molecule has 0 saturated carbocycles. The Labute approximate surface area is 170 Å². The number of aliphatic carboxylic acids is 1. The zero-order valence-corrected chi connectivity index (χ0v) is 16.1. The Kier molecular flexibility index (Phi) is 6.04. The van der Waals surface area contributed by atoms with E-state index in [0.29, 0.717) is 6.54 Å². The van der Waals surface area contributed by atoms with Crippen LogP contribution in [0.4, 0.5) is 11.4 Å². The molecule has 1 aliphatic rings. The first-order valence-electron chi connectivity index (χ1n) is 8.38. The molecule has 2 aromatic rings. The maximum Gasteiger partial charge on any atom is 0.358 e. The lowest BCUT2D eigenvalue weighted by molar-refractivity contribution is -0.384. The quantitative estimate of drug-likeness (QED) is 0.540. The summed E-state index contributed by atoms with van der Waals surface area (Å²) in [6.07, 6.45) is 0. The molecule has 1 heterocycles. The number of carboxylic acid groups (broad SMARTS) is 1. The van der Waals surface area contributed by atoms with Crippen molar-refractivity contribution in [2.24, 2.45) is 0 Å². The highest BCUT2D eigenvalue weighted by atomic mass is 35.5. The maximum atomic E-state index is 12.3. The Hall–Kier alpha value is -2.39. The molecule has 0 bridgehead atoms. The van der Waals surface area contributed by atoms with Crippen LogP contribution in [0.2, 0.25) is 10.0 Å². The van der Waals surface area contributed by atoms with E-state index < -0.39 is 16.6 Å². The van der Waals surface area contributed by atoms with E-state index in [4.69, 9.17) is 27.9 Å². The number of benzene rings is 2. The molecule has 8 nitrogen and oxygen atoms in total. The van der Waals surface area contributed by atoms with Gasteiger partial charge in [0.25, 0.3) is 11.4 Å². The molecule has 1 atom stereocenters. The Morgan fingerprint density at radius 1 is 1.29 bits per heavy atom. The zero-order chi connectivity index (χ0) is 20.3. The fraction of sp³-hybridized carbons (Fsp3) is 0.278. The van der Waals surface area contributed by atoms with Crippen molar-refractivity contribution in [2.75, 3.05) is 24.5 Å². The van der Waals surface area contributed by atoms with Crippen molar-refractivity contribution >= 4 is 40.5 Å². The Bertz CT molecular complexity index is 896. The molecule has 3 rings (SSSR count). The standard InChI is InChI=1S/C18H17Cl2N3O5/c19-13-8-15(16(23(26)27)9-14(13)20)22-7-6-21-11-18(22,17(24)25)28-10-12-4-2-1-3-5-12/h1-5,8-9,21H,6-7,10-11H2,(H,24,25). The van der Waals surface area contributed by atoms with Crippen LogP contribution in [0.3, 0.4) is 0 Å². The first-order valence-corrected chi connectivity index (χ1v) is 9.14. The number of hydrogen-bond acceptors (Lipinski definition) is 6. The fourth-order valence-electron chi connectivity index (χ4n) is 3.09. The fourth-order valence-corrected chi connectivity index (χ4v) is 3.40. The minimum atomic E-state index is -1.85. The molecule has 2 aromatic carbocycles. The van der Waals surface area contributed by atoms with E-state index in [9.17, 15) is 20.0 Å². The van der Waals surface area contributed by atoms with Crippen LogP contribution in [0.25, 0.3) is 0 Å². The van der Waals surface area contributed by atoms with Gasteiger partial charge in [0.05, 0.1) is 28.1 Å². The molecule has 0 radical (unpaired) electrons. The molecule has 1 aliphatic heterocycles. The third-order valence-electron chi connectivity index (χ3n) is 4.47. The number of anilines is 1. The average molecular weight is 426 g/mol. The number of ether oxygens (including phenoxy) is 1. The third kappa shape index (κ3) is 3.90. The highest BCUT2D eigenvalue weighted by Gasteiger charge is 2.49. The molecule has 0 aliphatic carbocycles. The predicted molar refractivity (Wildman–Crippen MR) is 105 cm³/mol. The molecule has 0 amide bonds. The Morgan fingerprint density at radius 3 is 2.61 bits per heavy atom. The number of halogens is 2. The summed E-state index contributed by atoms with van der Waals surface area (Å²) in [5, 5.41) is 24.7. The second-order valence-electron chi connectivity index (χ2n) is 6.20. The van der Waals surface area contributed by atoms with Crippen molar-refractivity contribution < 1.29 is 19.6 Å². The molecular weight excluding hydrogens is 409 g/mol. The van der Waals surface area contributed by atoms with E-state index in [2.05, 4.69) is 5.32 Å². The second kappa shape index (κ2) is 8.32. The van der Waals surface area contributed by atoms with Gasteiger partial charge in [-0.1, -0.05) is 53.5 Å². The van der Waals surface area contributed by atoms with Gasteiger partial charge >= 0.3 is 5.97 Å². The maximum absolute atomic E-state index is 12.3. The van der Waals surface area contributed by atoms with Crippen LogP contribution < -0.4 is 10.2 Å². The summed E-state index contributed by atoms with van der Waals surface area (Å²) in [4.78, 5) is 24.6. The van der Waals surface area contributed by atoms with Crippen LogP contribution in [0.15, 0.2) is 42.5 Å². The van der Waals surface area contributed by atoms with Crippen LogP contribution in [0.5, 0.6) is 0 Å². The Morgan fingerprint density at radius 2 is 1.96 bits per heavy atom. The topological polar surface area (TPSA) is 105 Å². The van der Waals surface area contributed by atoms with Crippen molar-refractivity contribution in [1.82, 2.24) is 5.32 Å².